The molecule has 0 saturated heterocycles. The van der Waals surface area contributed by atoms with Crippen LogP contribution in [0.4, 0.5) is 10.5 Å². The Bertz CT molecular complexity index is 484. The summed E-state index contributed by atoms with van der Waals surface area (Å²) < 4.78 is 9.80. The standard InChI is InChI=1S/C13H15NO5/c1-3-4-19-13(17)14-10-5-9(7-12(15)16)6-11(8-10)18-2/h3,5-6,8H,1,4,7H2,2H3,(H,14,17)(H,15,16). The molecule has 6 nitrogen and oxygen atoms in total. The minimum Gasteiger partial charge on any atom is -0.497 e. The average molecular weight is 265 g/mol. The number of aliphatic carboxylic acids is 1. The first-order valence-electron chi connectivity index (χ1n) is 5.49. The molecule has 0 unspecified atom stereocenters. The second-order valence-corrected chi connectivity index (χ2v) is 3.65. The van der Waals surface area contributed by atoms with Gasteiger partial charge in [0.2, 0.25) is 0 Å². The molecule has 102 valence electrons. The predicted octanol–water partition coefficient (Wildman–Crippen LogP) is 2.06. The Kier molecular flexibility index (Phi) is 5.40. The predicted molar refractivity (Wildman–Crippen MR) is 69.5 cm³/mol. The fourth-order valence-electron chi connectivity index (χ4n) is 1.42. The summed E-state index contributed by atoms with van der Waals surface area (Å²) >= 11 is 0. The van der Waals surface area contributed by atoms with Crippen LogP contribution in [0.25, 0.3) is 0 Å². The van der Waals surface area contributed by atoms with Gasteiger partial charge in [-0.25, -0.2) is 4.79 Å². The number of benzene rings is 1. The van der Waals surface area contributed by atoms with Gasteiger partial charge in [0.25, 0.3) is 0 Å². The summed E-state index contributed by atoms with van der Waals surface area (Å²) in [4.78, 5) is 22.0. The van der Waals surface area contributed by atoms with Crippen molar-refractivity contribution in [1.29, 1.82) is 0 Å². The molecule has 0 aliphatic rings. The summed E-state index contributed by atoms with van der Waals surface area (Å²) in [5, 5.41) is 11.2. The zero-order valence-corrected chi connectivity index (χ0v) is 10.5. The molecule has 1 rings (SSSR count). The topological polar surface area (TPSA) is 84.9 Å². The van der Waals surface area contributed by atoms with E-state index >= 15 is 0 Å². The van der Waals surface area contributed by atoms with E-state index in [-0.39, 0.29) is 13.0 Å². The van der Waals surface area contributed by atoms with Crippen molar-refractivity contribution in [2.24, 2.45) is 0 Å². The Morgan fingerprint density at radius 2 is 2.16 bits per heavy atom. The van der Waals surface area contributed by atoms with Crippen molar-refractivity contribution in [2.45, 2.75) is 6.42 Å². The molecule has 0 bridgehead atoms. The van der Waals surface area contributed by atoms with Crippen molar-refractivity contribution < 1.29 is 24.2 Å². The van der Waals surface area contributed by atoms with Crippen LogP contribution in [0.5, 0.6) is 5.75 Å². The molecule has 1 aromatic carbocycles. The van der Waals surface area contributed by atoms with E-state index in [1.807, 2.05) is 0 Å². The number of hydrogen-bond donors (Lipinski definition) is 2. The summed E-state index contributed by atoms with van der Waals surface area (Å²) in [5.74, 6) is -0.508. The van der Waals surface area contributed by atoms with Gasteiger partial charge >= 0.3 is 12.1 Å². The summed E-state index contributed by atoms with van der Waals surface area (Å²) in [6.45, 7) is 3.52. The molecule has 0 fully saturated rings. The van der Waals surface area contributed by atoms with Gasteiger partial charge in [-0.2, -0.15) is 0 Å². The van der Waals surface area contributed by atoms with Gasteiger partial charge in [0.1, 0.15) is 12.4 Å². The van der Waals surface area contributed by atoms with E-state index in [0.29, 0.717) is 17.0 Å². The number of carbonyl (C=O) groups is 2. The van der Waals surface area contributed by atoms with E-state index in [2.05, 4.69) is 11.9 Å². The lowest BCUT2D eigenvalue weighted by atomic mass is 10.1. The van der Waals surface area contributed by atoms with Crippen LogP contribution in [-0.4, -0.2) is 30.9 Å². The number of amides is 1. The van der Waals surface area contributed by atoms with Crippen LogP contribution >= 0.6 is 0 Å². The molecular weight excluding hydrogens is 250 g/mol. The minimum atomic E-state index is -0.964. The Morgan fingerprint density at radius 3 is 2.74 bits per heavy atom. The number of ether oxygens (including phenoxy) is 2. The highest BCUT2D eigenvalue weighted by atomic mass is 16.5. The second-order valence-electron chi connectivity index (χ2n) is 3.65. The van der Waals surface area contributed by atoms with Gasteiger partial charge in [-0.05, 0) is 17.7 Å². The third-order valence-electron chi connectivity index (χ3n) is 2.14. The van der Waals surface area contributed by atoms with Gasteiger partial charge in [-0.1, -0.05) is 12.7 Å². The van der Waals surface area contributed by atoms with E-state index in [1.165, 1.54) is 13.2 Å². The second kappa shape index (κ2) is 7.05. The minimum absolute atomic E-state index is 0.0950. The van der Waals surface area contributed by atoms with Crippen molar-refractivity contribution in [3.05, 3.63) is 36.4 Å². The highest BCUT2D eigenvalue weighted by molar-refractivity contribution is 5.85. The largest absolute Gasteiger partial charge is 0.497 e. The van der Waals surface area contributed by atoms with Crippen LogP contribution in [0, 0.1) is 0 Å². The van der Waals surface area contributed by atoms with Crippen LogP contribution in [0.3, 0.4) is 0 Å². The number of hydrogen-bond acceptors (Lipinski definition) is 4. The van der Waals surface area contributed by atoms with Crippen LogP contribution in [0.2, 0.25) is 0 Å². The van der Waals surface area contributed by atoms with Gasteiger partial charge in [-0.3, -0.25) is 10.1 Å². The van der Waals surface area contributed by atoms with Crippen molar-refractivity contribution in [1.82, 2.24) is 0 Å². The van der Waals surface area contributed by atoms with E-state index in [0.717, 1.165) is 0 Å². The molecule has 0 heterocycles. The Morgan fingerprint density at radius 1 is 1.42 bits per heavy atom. The maximum absolute atomic E-state index is 11.4. The highest BCUT2D eigenvalue weighted by Crippen LogP contribution is 2.21. The Hall–Kier alpha value is -2.50. The summed E-state index contributed by atoms with van der Waals surface area (Å²) in [5.41, 5.74) is 0.926. The molecule has 0 atom stereocenters. The summed E-state index contributed by atoms with van der Waals surface area (Å²) in [7, 11) is 1.46. The molecule has 0 aliphatic carbocycles. The van der Waals surface area contributed by atoms with Crippen molar-refractivity contribution in [3.8, 4) is 5.75 Å². The first kappa shape index (κ1) is 14.6. The monoisotopic (exact) mass is 265 g/mol. The van der Waals surface area contributed by atoms with Crippen LogP contribution < -0.4 is 10.1 Å². The smallest absolute Gasteiger partial charge is 0.411 e. The zero-order chi connectivity index (χ0) is 14.3. The Labute approximate surface area is 110 Å². The summed E-state index contributed by atoms with van der Waals surface area (Å²) in [6, 6.07) is 4.71. The van der Waals surface area contributed by atoms with Crippen molar-refractivity contribution >= 4 is 17.7 Å². The van der Waals surface area contributed by atoms with Gasteiger partial charge < -0.3 is 14.6 Å². The maximum Gasteiger partial charge on any atom is 0.411 e. The fraction of sp³-hybridized carbons (Fsp3) is 0.231. The Balaban J connectivity index is 2.84. The van der Waals surface area contributed by atoms with E-state index in [1.54, 1.807) is 18.2 Å². The molecule has 0 saturated carbocycles. The third-order valence-corrected chi connectivity index (χ3v) is 2.14. The van der Waals surface area contributed by atoms with Gasteiger partial charge in [-0.15, -0.1) is 0 Å². The molecule has 0 aromatic heterocycles. The third kappa shape index (κ3) is 5.12. The first-order chi connectivity index (χ1) is 9.05. The lowest BCUT2D eigenvalue weighted by Gasteiger charge is -2.09. The van der Waals surface area contributed by atoms with E-state index in [4.69, 9.17) is 14.6 Å². The quantitative estimate of drug-likeness (QED) is 0.769. The number of nitrogens with one attached hydrogen (secondary N) is 1. The number of carboxylic acids is 1. The molecule has 1 aromatic rings. The molecule has 19 heavy (non-hydrogen) atoms. The van der Waals surface area contributed by atoms with Gasteiger partial charge in [0.05, 0.1) is 13.5 Å². The zero-order valence-electron chi connectivity index (χ0n) is 10.5. The SMILES string of the molecule is C=CCOC(=O)Nc1cc(CC(=O)O)cc(OC)c1. The van der Waals surface area contributed by atoms with Crippen LogP contribution in [0.15, 0.2) is 30.9 Å². The normalized spacial score (nSPS) is 9.53. The number of carbonyl (C=O) groups excluding carboxylic acids is 1. The number of methoxy groups -OCH3 is 1. The average Bonchev–Trinajstić information content (AvgIpc) is 2.35. The van der Waals surface area contributed by atoms with Crippen LogP contribution in [-0.2, 0) is 16.0 Å². The molecule has 6 heteroatoms. The van der Waals surface area contributed by atoms with Gasteiger partial charge in [0.15, 0.2) is 0 Å². The van der Waals surface area contributed by atoms with Crippen LogP contribution in [0.1, 0.15) is 5.56 Å². The number of anilines is 1. The molecule has 1 amide bonds. The number of carboxylic acid groups (broad SMARTS) is 1. The van der Waals surface area contributed by atoms with Gasteiger partial charge in [0, 0.05) is 11.8 Å². The van der Waals surface area contributed by atoms with Crippen molar-refractivity contribution in [3.63, 3.8) is 0 Å². The maximum atomic E-state index is 11.4. The summed E-state index contributed by atoms with van der Waals surface area (Å²) in [6.07, 6.45) is 0.642. The molecule has 2 N–H and O–H groups in total. The molecule has 0 radical (unpaired) electrons. The first-order valence-corrected chi connectivity index (χ1v) is 5.49. The van der Waals surface area contributed by atoms with E-state index < -0.39 is 12.1 Å². The molecule has 0 aliphatic heterocycles. The molecule has 0 spiro atoms. The number of rotatable bonds is 6. The highest BCUT2D eigenvalue weighted by Gasteiger charge is 2.08. The van der Waals surface area contributed by atoms with Crippen molar-refractivity contribution in [2.75, 3.05) is 19.0 Å². The lowest BCUT2D eigenvalue weighted by molar-refractivity contribution is -0.136. The molecular formula is C13H15NO5. The fourth-order valence-corrected chi connectivity index (χ4v) is 1.42. The van der Waals surface area contributed by atoms with E-state index in [9.17, 15) is 9.59 Å². The lowest BCUT2D eigenvalue weighted by Crippen LogP contribution is -2.14.